The van der Waals surface area contributed by atoms with E-state index in [0.717, 1.165) is 70.0 Å². The molecule has 7 aromatic rings. The van der Waals surface area contributed by atoms with Gasteiger partial charge in [0.1, 0.15) is 22.0 Å². The van der Waals surface area contributed by atoms with Crippen molar-refractivity contribution in [2.45, 2.75) is 13.5 Å². The zero-order valence-corrected chi connectivity index (χ0v) is 26.8. The number of benzene rings is 2. The number of rotatable bonds is 5. The molecule has 1 amide bonds. The molecule has 6 heterocycles. The number of aliphatic imine (C=N–C) groups is 1. The highest BCUT2D eigenvalue weighted by molar-refractivity contribution is 8.35. The number of aromatic nitrogens is 4. The van der Waals surface area contributed by atoms with Gasteiger partial charge < -0.3 is 4.74 Å². The fourth-order valence-corrected chi connectivity index (χ4v) is 9.49. The molecule has 0 N–H and O–H groups in total. The summed E-state index contributed by atoms with van der Waals surface area (Å²) in [5.41, 5.74) is 4.43. The lowest BCUT2D eigenvalue weighted by molar-refractivity contribution is -0.119. The summed E-state index contributed by atoms with van der Waals surface area (Å²) < 4.78 is 20.1. The SMILES string of the molecule is CCN1C(=O)C(=Nc2ncc(-c3cc4c(s3)c3sc5ccccc5c3n4C(=O)OCc3ccccc3)c3nsnc23)SC1=S. The number of thioether (sulfide) groups is 1. The van der Waals surface area contributed by atoms with Crippen LogP contribution in [0, 0.1) is 0 Å². The molecule has 0 saturated carbocycles. The van der Waals surface area contributed by atoms with Crippen LogP contribution in [0.15, 0.2) is 71.9 Å². The largest absolute Gasteiger partial charge is 0.444 e. The predicted molar refractivity (Wildman–Crippen MR) is 184 cm³/mol. The van der Waals surface area contributed by atoms with Crippen LogP contribution >= 0.6 is 58.4 Å². The van der Waals surface area contributed by atoms with Crippen LogP contribution in [-0.4, -0.2) is 51.1 Å². The van der Waals surface area contributed by atoms with Gasteiger partial charge in [0.15, 0.2) is 10.9 Å². The van der Waals surface area contributed by atoms with Gasteiger partial charge in [-0.15, -0.1) is 22.7 Å². The highest BCUT2D eigenvalue weighted by Crippen LogP contribution is 2.47. The van der Waals surface area contributed by atoms with Crippen molar-refractivity contribution in [2.75, 3.05) is 6.54 Å². The van der Waals surface area contributed by atoms with Crippen molar-refractivity contribution in [1.82, 2.24) is 23.2 Å². The number of hydrogen-bond donors (Lipinski definition) is 0. The molecule has 1 aliphatic heterocycles. The lowest BCUT2D eigenvalue weighted by Gasteiger charge is -2.09. The van der Waals surface area contributed by atoms with E-state index in [1.807, 2.05) is 61.5 Å². The molecule has 1 saturated heterocycles. The molecular formula is C30H18N6O3S5. The molecule has 0 radical (unpaired) electrons. The number of fused-ring (bicyclic) bond motifs is 6. The number of carbonyl (C=O) groups excluding carboxylic acids is 2. The third-order valence-electron chi connectivity index (χ3n) is 7.23. The van der Waals surface area contributed by atoms with Crippen molar-refractivity contribution in [3.8, 4) is 10.4 Å². The van der Waals surface area contributed by atoms with E-state index in [1.54, 1.807) is 33.4 Å². The monoisotopic (exact) mass is 670 g/mol. The summed E-state index contributed by atoms with van der Waals surface area (Å²) in [6.45, 7) is 2.51. The van der Waals surface area contributed by atoms with Crippen LogP contribution in [0.4, 0.5) is 10.6 Å². The van der Waals surface area contributed by atoms with Crippen molar-refractivity contribution in [3.63, 3.8) is 0 Å². The zero-order chi connectivity index (χ0) is 29.9. The van der Waals surface area contributed by atoms with Gasteiger partial charge in [-0.05, 0) is 36.4 Å². The first-order valence-corrected chi connectivity index (χ1v) is 17.0. The highest BCUT2D eigenvalue weighted by atomic mass is 32.2. The molecule has 1 fully saturated rings. The number of thiophene rings is 2. The van der Waals surface area contributed by atoms with Crippen LogP contribution in [0.1, 0.15) is 12.5 Å². The fourth-order valence-electron chi connectivity index (χ4n) is 5.19. The van der Waals surface area contributed by atoms with Gasteiger partial charge in [-0.2, -0.15) is 8.75 Å². The van der Waals surface area contributed by atoms with Gasteiger partial charge in [0.25, 0.3) is 5.91 Å². The molecule has 0 unspecified atom stereocenters. The maximum atomic E-state index is 13.7. The molecule has 8 rings (SSSR count). The molecule has 44 heavy (non-hydrogen) atoms. The number of nitrogens with zero attached hydrogens (tertiary/aromatic N) is 6. The van der Waals surface area contributed by atoms with Crippen molar-refractivity contribution < 1.29 is 14.3 Å². The molecule has 9 nitrogen and oxygen atoms in total. The molecule has 0 spiro atoms. The molecule has 14 heteroatoms. The lowest BCUT2D eigenvalue weighted by Crippen LogP contribution is -2.29. The van der Waals surface area contributed by atoms with Gasteiger partial charge in [0.2, 0.25) is 0 Å². The maximum absolute atomic E-state index is 13.7. The standard InChI is InChI=1S/C30H18N6O3S5/c1-2-35-28(37)27(43-30(35)40)32-26-22-21(33-44-34-22)17(13-31-26)20-12-18-24(42-20)25-23(16-10-6-7-11-19(16)41-25)36(18)29(38)39-14-15-8-4-3-5-9-15/h3-13H,2,14H2,1H3. The van der Waals surface area contributed by atoms with Crippen molar-refractivity contribution >= 4 is 127 Å². The van der Waals surface area contributed by atoms with Crippen LogP contribution in [0.3, 0.4) is 0 Å². The average Bonchev–Trinajstić information content (AvgIpc) is 3.85. The number of pyridine rings is 1. The van der Waals surface area contributed by atoms with Gasteiger partial charge in [-0.1, -0.05) is 60.7 Å². The van der Waals surface area contributed by atoms with Gasteiger partial charge in [0, 0.05) is 33.3 Å². The molecule has 0 atom stereocenters. The Balaban J connectivity index is 1.25. The summed E-state index contributed by atoms with van der Waals surface area (Å²) in [6, 6.07) is 19.7. The lowest BCUT2D eigenvalue weighted by atomic mass is 10.2. The second kappa shape index (κ2) is 10.8. The minimum Gasteiger partial charge on any atom is -0.444 e. The summed E-state index contributed by atoms with van der Waals surface area (Å²) in [6.07, 6.45) is 1.26. The Kier molecular flexibility index (Phi) is 6.75. The molecule has 216 valence electrons. The molecule has 5 aromatic heterocycles. The summed E-state index contributed by atoms with van der Waals surface area (Å²) in [4.78, 5) is 38.0. The quantitative estimate of drug-likeness (QED) is 0.169. The molecule has 0 aliphatic carbocycles. The van der Waals surface area contributed by atoms with Crippen molar-refractivity contribution in [2.24, 2.45) is 4.99 Å². The smallest absolute Gasteiger partial charge is 0.419 e. The predicted octanol–water partition coefficient (Wildman–Crippen LogP) is 8.23. The van der Waals surface area contributed by atoms with E-state index in [2.05, 4.69) is 24.8 Å². The zero-order valence-electron chi connectivity index (χ0n) is 22.7. The van der Waals surface area contributed by atoms with Crippen molar-refractivity contribution in [3.05, 3.63) is 72.4 Å². The number of amides is 1. The first-order valence-electron chi connectivity index (χ1n) is 13.4. The average molecular weight is 671 g/mol. The number of hydrogen-bond acceptors (Lipinski definition) is 12. The first kappa shape index (κ1) is 27.5. The van der Waals surface area contributed by atoms with Crippen LogP contribution in [-0.2, 0) is 16.1 Å². The van der Waals surface area contributed by atoms with Gasteiger partial charge in [0.05, 0.1) is 32.2 Å². The third kappa shape index (κ3) is 4.36. The summed E-state index contributed by atoms with van der Waals surface area (Å²) in [5, 5.41) is 1.27. The van der Waals surface area contributed by atoms with Crippen LogP contribution in [0.25, 0.3) is 52.0 Å². The van der Waals surface area contributed by atoms with Crippen LogP contribution in [0.2, 0.25) is 0 Å². The molecular weight excluding hydrogens is 653 g/mol. The minimum absolute atomic E-state index is 0.167. The number of ether oxygens (including phenoxy) is 1. The Labute approximate surface area is 271 Å². The maximum Gasteiger partial charge on any atom is 0.419 e. The summed E-state index contributed by atoms with van der Waals surface area (Å²) >= 11 is 10.8. The van der Waals surface area contributed by atoms with E-state index < -0.39 is 6.09 Å². The second-order valence-corrected chi connectivity index (χ2v) is 14.0. The molecule has 0 bridgehead atoms. The topological polar surface area (TPSA) is 103 Å². The van der Waals surface area contributed by atoms with Gasteiger partial charge >= 0.3 is 6.09 Å². The third-order valence-corrected chi connectivity index (χ3v) is 11.6. The van der Waals surface area contributed by atoms with Crippen LogP contribution in [0.5, 0.6) is 0 Å². The Hall–Kier alpha value is -4.08. The summed E-state index contributed by atoms with van der Waals surface area (Å²) in [7, 11) is 0. The van der Waals surface area contributed by atoms with Crippen LogP contribution < -0.4 is 0 Å². The molecule has 2 aromatic carbocycles. The Bertz CT molecular complexity index is 2330. The Morgan fingerprint density at radius 1 is 1.02 bits per heavy atom. The van der Waals surface area contributed by atoms with E-state index in [-0.39, 0.29) is 17.6 Å². The normalized spacial score (nSPS) is 14.8. The van der Waals surface area contributed by atoms with Gasteiger partial charge in [-0.25, -0.2) is 19.3 Å². The van der Waals surface area contributed by atoms with Gasteiger partial charge in [-0.3, -0.25) is 9.69 Å². The Morgan fingerprint density at radius 3 is 2.64 bits per heavy atom. The molecule has 1 aliphatic rings. The second-order valence-electron chi connectivity index (χ2n) is 9.77. The van der Waals surface area contributed by atoms with Crippen molar-refractivity contribution in [1.29, 1.82) is 0 Å². The Morgan fingerprint density at radius 2 is 1.82 bits per heavy atom. The first-order chi connectivity index (χ1) is 21.5. The van der Waals surface area contributed by atoms with E-state index in [0.29, 0.717) is 27.7 Å². The number of thiocarbonyl (C=S) groups is 1. The highest BCUT2D eigenvalue weighted by Gasteiger charge is 2.33. The fraction of sp³-hybridized carbons (Fsp3) is 0.100. The van der Waals surface area contributed by atoms with E-state index in [9.17, 15) is 9.59 Å². The van der Waals surface area contributed by atoms with E-state index in [1.165, 1.54) is 4.90 Å². The number of carbonyl (C=O) groups is 2. The van der Waals surface area contributed by atoms with E-state index in [4.69, 9.17) is 17.0 Å². The van der Waals surface area contributed by atoms with E-state index >= 15 is 0 Å². The minimum atomic E-state index is -0.440. The summed E-state index contributed by atoms with van der Waals surface area (Å²) in [5.74, 6) is 0.0777.